The van der Waals surface area contributed by atoms with Crippen molar-refractivity contribution in [3.05, 3.63) is 48.0 Å². The highest BCUT2D eigenvalue weighted by molar-refractivity contribution is 6.84. The lowest BCUT2D eigenvalue weighted by molar-refractivity contribution is -0.146. The van der Waals surface area contributed by atoms with Crippen LogP contribution in [0.1, 0.15) is 47.1 Å². The van der Waals surface area contributed by atoms with E-state index < -0.39 is 13.3 Å². The number of carbonyl (C=O) groups is 1. The molecule has 0 amide bonds. The van der Waals surface area contributed by atoms with Crippen molar-refractivity contribution in [1.29, 1.82) is 0 Å². The minimum absolute atomic E-state index is 0.00734. The predicted molar refractivity (Wildman–Crippen MR) is 102 cm³/mol. The lowest BCUT2D eigenvalue weighted by Gasteiger charge is -2.49. The van der Waals surface area contributed by atoms with Crippen LogP contribution in [0.2, 0.25) is 11.6 Å². The highest BCUT2D eigenvalue weighted by Crippen LogP contribution is 2.45. The van der Waals surface area contributed by atoms with Gasteiger partial charge in [0.25, 0.3) is 0 Å². The summed E-state index contributed by atoms with van der Waals surface area (Å²) in [5.74, 6) is -0.248. The Morgan fingerprint density at radius 1 is 1.17 bits per heavy atom. The molecule has 0 aromatic heterocycles. The molecule has 4 heteroatoms. The highest BCUT2D eigenvalue weighted by atomic mass is 28.3. The van der Waals surface area contributed by atoms with E-state index in [9.17, 15) is 4.79 Å². The smallest absolute Gasteiger partial charge is 0.303 e. The number of hydrogen-bond donors (Lipinski definition) is 0. The van der Waals surface area contributed by atoms with E-state index in [-0.39, 0.29) is 11.0 Å². The molecule has 0 spiro atoms. The molecule has 0 N–H and O–H groups in total. The van der Waals surface area contributed by atoms with E-state index in [2.05, 4.69) is 39.5 Å². The standard InChI is InChI=1S/C20H32O3Si/c1-8-14-20(6,23-17(2)21)24(7,19(3,4)5)16-22-15-18-12-10-9-11-13-18/h8-14H,15-16H2,1-7H3/b14-8-/t20-,24+/m0/s1. The third-order valence-electron chi connectivity index (χ3n) is 5.09. The van der Waals surface area contributed by atoms with E-state index in [1.165, 1.54) is 6.92 Å². The molecule has 24 heavy (non-hydrogen) atoms. The van der Waals surface area contributed by atoms with E-state index in [1.54, 1.807) is 0 Å². The predicted octanol–water partition coefficient (Wildman–Crippen LogP) is 5.06. The Morgan fingerprint density at radius 2 is 1.75 bits per heavy atom. The summed E-state index contributed by atoms with van der Waals surface area (Å²) < 4.78 is 12.0. The monoisotopic (exact) mass is 348 g/mol. The minimum atomic E-state index is -2.19. The topological polar surface area (TPSA) is 35.5 Å². The molecule has 0 heterocycles. The molecule has 0 radical (unpaired) electrons. The first-order valence-electron chi connectivity index (χ1n) is 8.51. The van der Waals surface area contributed by atoms with Gasteiger partial charge in [-0.1, -0.05) is 63.7 Å². The average Bonchev–Trinajstić information content (AvgIpc) is 2.46. The first kappa shape index (κ1) is 20.7. The molecule has 0 aliphatic heterocycles. The molecule has 134 valence electrons. The van der Waals surface area contributed by atoms with Crippen LogP contribution in [-0.2, 0) is 20.9 Å². The lowest BCUT2D eigenvalue weighted by atomic mass is 10.2. The maximum absolute atomic E-state index is 11.7. The van der Waals surface area contributed by atoms with Gasteiger partial charge in [0.05, 0.1) is 6.61 Å². The van der Waals surface area contributed by atoms with Gasteiger partial charge in [-0.15, -0.1) is 0 Å². The molecule has 0 saturated heterocycles. The van der Waals surface area contributed by atoms with Crippen molar-refractivity contribution < 1.29 is 14.3 Å². The van der Waals surface area contributed by atoms with Crippen LogP contribution in [0.4, 0.5) is 0 Å². The van der Waals surface area contributed by atoms with Crippen molar-refractivity contribution >= 4 is 14.0 Å². The summed E-state index contributed by atoms with van der Waals surface area (Å²) in [6.45, 7) is 15.0. The third kappa shape index (κ3) is 4.80. The van der Waals surface area contributed by atoms with Crippen molar-refractivity contribution in [2.45, 2.75) is 65.0 Å². The average molecular weight is 349 g/mol. The van der Waals surface area contributed by atoms with Crippen molar-refractivity contribution in [3.8, 4) is 0 Å². The first-order chi connectivity index (χ1) is 11.1. The van der Waals surface area contributed by atoms with Gasteiger partial charge in [0.15, 0.2) is 0 Å². The Labute approximate surface area is 148 Å². The number of allylic oxidation sites excluding steroid dienone is 1. The maximum Gasteiger partial charge on any atom is 0.303 e. The molecule has 1 rings (SSSR count). The molecule has 0 saturated carbocycles. The van der Waals surface area contributed by atoms with Crippen molar-refractivity contribution in [1.82, 2.24) is 0 Å². The summed E-state index contributed by atoms with van der Waals surface area (Å²) in [5.41, 5.74) is 1.16. The second kappa shape index (κ2) is 8.12. The molecular weight excluding hydrogens is 316 g/mol. The van der Waals surface area contributed by atoms with E-state index in [0.29, 0.717) is 12.8 Å². The van der Waals surface area contributed by atoms with E-state index in [4.69, 9.17) is 9.47 Å². The lowest BCUT2D eigenvalue weighted by Crippen LogP contribution is -2.64. The first-order valence-corrected chi connectivity index (χ1v) is 11.2. The molecule has 0 bridgehead atoms. The van der Waals surface area contributed by atoms with Crippen LogP contribution in [0, 0.1) is 0 Å². The van der Waals surface area contributed by atoms with Crippen LogP contribution >= 0.6 is 0 Å². The Hall–Kier alpha value is -1.39. The Balaban J connectivity index is 3.05. The quantitative estimate of drug-likeness (QED) is 0.392. The number of hydrogen-bond acceptors (Lipinski definition) is 3. The zero-order valence-electron chi connectivity index (χ0n) is 16.2. The van der Waals surface area contributed by atoms with Gasteiger partial charge in [-0.05, 0) is 30.5 Å². The summed E-state index contributed by atoms with van der Waals surface area (Å²) in [4.78, 5) is 11.7. The van der Waals surface area contributed by atoms with Gasteiger partial charge in [0, 0.05) is 13.2 Å². The normalized spacial score (nSPS) is 17.3. The van der Waals surface area contributed by atoms with Crippen LogP contribution in [0.3, 0.4) is 0 Å². The van der Waals surface area contributed by atoms with Crippen LogP contribution in [0.5, 0.6) is 0 Å². The largest absolute Gasteiger partial charge is 0.459 e. The van der Waals surface area contributed by atoms with Gasteiger partial charge in [-0.3, -0.25) is 4.79 Å². The van der Waals surface area contributed by atoms with Crippen molar-refractivity contribution in [2.75, 3.05) is 6.23 Å². The Morgan fingerprint density at radius 3 is 2.21 bits per heavy atom. The number of benzene rings is 1. The van der Waals surface area contributed by atoms with Crippen LogP contribution in [-0.4, -0.2) is 25.5 Å². The molecule has 0 aliphatic rings. The molecule has 2 atom stereocenters. The number of ether oxygens (including phenoxy) is 2. The summed E-state index contributed by atoms with van der Waals surface area (Å²) in [7, 11) is -2.19. The summed E-state index contributed by atoms with van der Waals surface area (Å²) in [6, 6.07) is 10.2. The van der Waals surface area contributed by atoms with Gasteiger partial charge in [0.1, 0.15) is 13.3 Å². The van der Waals surface area contributed by atoms with Crippen LogP contribution in [0.25, 0.3) is 0 Å². The number of esters is 1. The Bertz CT molecular complexity index is 562. The zero-order chi connectivity index (χ0) is 18.4. The van der Waals surface area contributed by atoms with Gasteiger partial charge in [-0.2, -0.15) is 0 Å². The minimum Gasteiger partial charge on any atom is -0.459 e. The summed E-state index contributed by atoms with van der Waals surface area (Å²) >= 11 is 0. The fraction of sp³-hybridized carbons (Fsp3) is 0.550. The van der Waals surface area contributed by atoms with Crippen molar-refractivity contribution in [2.24, 2.45) is 0 Å². The molecule has 1 aromatic carbocycles. The highest BCUT2D eigenvalue weighted by Gasteiger charge is 2.55. The molecule has 0 aliphatic carbocycles. The second-order valence-corrected chi connectivity index (χ2v) is 13.2. The van der Waals surface area contributed by atoms with Crippen LogP contribution < -0.4 is 0 Å². The number of rotatable bonds is 7. The van der Waals surface area contributed by atoms with Gasteiger partial charge >= 0.3 is 5.97 Å². The third-order valence-corrected chi connectivity index (χ3v) is 11.6. The van der Waals surface area contributed by atoms with E-state index >= 15 is 0 Å². The zero-order valence-corrected chi connectivity index (χ0v) is 17.2. The van der Waals surface area contributed by atoms with Crippen molar-refractivity contribution in [3.63, 3.8) is 0 Å². The SMILES string of the molecule is C/C=C\[C@@](C)(OC(C)=O)[Si@](C)(COCc1ccccc1)C(C)(C)C. The number of carbonyl (C=O) groups excluding carboxylic acids is 1. The van der Waals surface area contributed by atoms with Gasteiger partial charge in [0.2, 0.25) is 0 Å². The molecular formula is C20H32O3Si. The van der Waals surface area contributed by atoms with Gasteiger partial charge < -0.3 is 9.47 Å². The molecule has 0 unspecified atom stereocenters. The van der Waals surface area contributed by atoms with Gasteiger partial charge in [-0.25, -0.2) is 0 Å². The molecule has 1 aromatic rings. The van der Waals surface area contributed by atoms with Crippen LogP contribution in [0.15, 0.2) is 42.5 Å². The van der Waals surface area contributed by atoms with E-state index in [0.717, 1.165) is 5.56 Å². The Kier molecular flexibility index (Phi) is 6.99. The molecule has 0 fully saturated rings. The maximum atomic E-state index is 11.7. The fourth-order valence-corrected chi connectivity index (χ4v) is 6.62. The fourth-order valence-electron chi connectivity index (χ4n) is 3.00. The van der Waals surface area contributed by atoms with E-state index in [1.807, 2.05) is 44.2 Å². The molecule has 3 nitrogen and oxygen atoms in total. The summed E-state index contributed by atoms with van der Waals surface area (Å²) in [6.07, 6.45) is 4.62. The summed E-state index contributed by atoms with van der Waals surface area (Å²) in [5, 5.41) is -0.601. The second-order valence-electron chi connectivity index (χ2n) is 7.76.